The van der Waals surface area contributed by atoms with Crippen molar-refractivity contribution in [3.63, 3.8) is 0 Å². The summed E-state index contributed by atoms with van der Waals surface area (Å²) >= 11 is 5.72. The Kier molecular flexibility index (Phi) is 3.72. The molecule has 0 heterocycles. The van der Waals surface area contributed by atoms with Crippen molar-refractivity contribution in [2.45, 2.75) is 12.3 Å². The van der Waals surface area contributed by atoms with E-state index in [0.717, 1.165) is 5.56 Å². The maximum absolute atomic E-state index is 10.5. The summed E-state index contributed by atoms with van der Waals surface area (Å²) in [6.45, 7) is 3.62. The molecule has 1 rings (SSSR count). The average Bonchev–Trinajstić information content (AvgIpc) is 2.15. The van der Waals surface area contributed by atoms with E-state index >= 15 is 0 Å². The monoisotopic (exact) mass is 210 g/mol. The van der Waals surface area contributed by atoms with Gasteiger partial charge in [-0.1, -0.05) is 29.8 Å². The Labute approximate surface area is 87.8 Å². The number of halogens is 1. The summed E-state index contributed by atoms with van der Waals surface area (Å²) < 4.78 is 0. The second kappa shape index (κ2) is 4.82. The van der Waals surface area contributed by atoms with Gasteiger partial charge in [-0.25, -0.2) is 0 Å². The Bertz CT molecular complexity index is 330. The topological polar surface area (TPSA) is 37.3 Å². The first-order valence-corrected chi connectivity index (χ1v) is 4.61. The van der Waals surface area contributed by atoms with E-state index in [0.29, 0.717) is 5.02 Å². The Morgan fingerprint density at radius 2 is 2.07 bits per heavy atom. The van der Waals surface area contributed by atoms with Crippen LogP contribution in [-0.4, -0.2) is 11.1 Å². The molecule has 0 spiro atoms. The SMILES string of the molecule is C=CC(CC(=O)O)c1ccc(Cl)cc1. The van der Waals surface area contributed by atoms with E-state index in [2.05, 4.69) is 6.58 Å². The summed E-state index contributed by atoms with van der Waals surface area (Å²) in [5.41, 5.74) is 0.923. The summed E-state index contributed by atoms with van der Waals surface area (Å²) in [4.78, 5) is 10.5. The van der Waals surface area contributed by atoms with Crippen LogP contribution in [0.3, 0.4) is 0 Å². The first-order valence-electron chi connectivity index (χ1n) is 4.23. The van der Waals surface area contributed by atoms with Gasteiger partial charge in [0, 0.05) is 10.9 Å². The van der Waals surface area contributed by atoms with Crippen LogP contribution in [0.4, 0.5) is 0 Å². The van der Waals surface area contributed by atoms with E-state index in [-0.39, 0.29) is 12.3 Å². The van der Waals surface area contributed by atoms with E-state index in [1.165, 1.54) is 0 Å². The van der Waals surface area contributed by atoms with E-state index < -0.39 is 5.97 Å². The molecule has 14 heavy (non-hydrogen) atoms. The first kappa shape index (κ1) is 10.8. The minimum Gasteiger partial charge on any atom is -0.481 e. The Morgan fingerprint density at radius 1 is 1.50 bits per heavy atom. The van der Waals surface area contributed by atoms with Gasteiger partial charge in [0.05, 0.1) is 6.42 Å². The molecular formula is C11H11ClO2. The van der Waals surface area contributed by atoms with Gasteiger partial charge >= 0.3 is 5.97 Å². The molecule has 0 radical (unpaired) electrons. The van der Waals surface area contributed by atoms with Crippen LogP contribution >= 0.6 is 11.6 Å². The number of benzene rings is 1. The maximum Gasteiger partial charge on any atom is 0.304 e. The van der Waals surface area contributed by atoms with Crippen molar-refractivity contribution in [2.75, 3.05) is 0 Å². The first-order chi connectivity index (χ1) is 6.63. The van der Waals surface area contributed by atoms with Gasteiger partial charge in [-0.2, -0.15) is 0 Å². The van der Waals surface area contributed by atoms with Crippen molar-refractivity contribution >= 4 is 17.6 Å². The van der Waals surface area contributed by atoms with Crippen molar-refractivity contribution < 1.29 is 9.90 Å². The van der Waals surface area contributed by atoms with E-state index in [1.807, 2.05) is 12.1 Å². The smallest absolute Gasteiger partial charge is 0.304 e. The molecule has 1 N–H and O–H groups in total. The van der Waals surface area contributed by atoms with Gasteiger partial charge in [0.1, 0.15) is 0 Å². The van der Waals surface area contributed by atoms with Crippen LogP contribution in [0, 0.1) is 0 Å². The molecule has 3 heteroatoms. The normalized spacial score (nSPS) is 12.1. The zero-order valence-electron chi connectivity index (χ0n) is 7.61. The fraction of sp³-hybridized carbons (Fsp3) is 0.182. The second-order valence-corrected chi connectivity index (χ2v) is 3.43. The number of hydrogen-bond donors (Lipinski definition) is 1. The molecule has 0 saturated carbocycles. The molecule has 0 aliphatic heterocycles. The molecule has 1 atom stereocenters. The number of carboxylic acid groups (broad SMARTS) is 1. The highest BCUT2D eigenvalue weighted by Gasteiger charge is 2.11. The number of aliphatic carboxylic acids is 1. The molecule has 0 aliphatic carbocycles. The lowest BCUT2D eigenvalue weighted by Gasteiger charge is -2.09. The van der Waals surface area contributed by atoms with E-state index in [4.69, 9.17) is 16.7 Å². The van der Waals surface area contributed by atoms with Crippen molar-refractivity contribution in [1.29, 1.82) is 0 Å². The van der Waals surface area contributed by atoms with Crippen LogP contribution in [0.25, 0.3) is 0 Å². The molecule has 0 saturated heterocycles. The Hall–Kier alpha value is -1.28. The molecule has 0 aliphatic rings. The minimum absolute atomic E-state index is 0.0606. The highest BCUT2D eigenvalue weighted by atomic mass is 35.5. The van der Waals surface area contributed by atoms with Gasteiger partial charge in [0.2, 0.25) is 0 Å². The fourth-order valence-electron chi connectivity index (χ4n) is 1.24. The van der Waals surface area contributed by atoms with Gasteiger partial charge < -0.3 is 5.11 Å². The summed E-state index contributed by atoms with van der Waals surface area (Å²) in [7, 11) is 0. The molecule has 0 bridgehead atoms. The lowest BCUT2D eigenvalue weighted by Crippen LogP contribution is -2.03. The van der Waals surface area contributed by atoms with Crippen molar-refractivity contribution in [3.8, 4) is 0 Å². The molecule has 0 amide bonds. The maximum atomic E-state index is 10.5. The van der Waals surface area contributed by atoms with Gasteiger partial charge in [0.25, 0.3) is 0 Å². The third-order valence-electron chi connectivity index (χ3n) is 1.98. The minimum atomic E-state index is -0.829. The molecule has 1 aromatic rings. The Morgan fingerprint density at radius 3 is 2.50 bits per heavy atom. The third-order valence-corrected chi connectivity index (χ3v) is 2.23. The van der Waals surface area contributed by atoms with Gasteiger partial charge in [-0.05, 0) is 17.7 Å². The van der Waals surface area contributed by atoms with Crippen LogP contribution in [0.15, 0.2) is 36.9 Å². The third kappa shape index (κ3) is 2.89. The van der Waals surface area contributed by atoms with E-state index in [1.54, 1.807) is 18.2 Å². The predicted molar refractivity (Wildman–Crippen MR) is 56.6 cm³/mol. The summed E-state index contributed by atoms with van der Waals surface area (Å²) in [5.74, 6) is -0.977. The predicted octanol–water partition coefficient (Wildman–Crippen LogP) is 3.08. The molecule has 1 unspecified atom stereocenters. The lowest BCUT2D eigenvalue weighted by molar-refractivity contribution is -0.137. The van der Waals surface area contributed by atoms with Crippen LogP contribution in [0.5, 0.6) is 0 Å². The van der Waals surface area contributed by atoms with Gasteiger partial charge in [-0.3, -0.25) is 4.79 Å². The van der Waals surface area contributed by atoms with Crippen molar-refractivity contribution in [2.24, 2.45) is 0 Å². The molecule has 0 fully saturated rings. The zero-order chi connectivity index (χ0) is 10.6. The van der Waals surface area contributed by atoms with Crippen LogP contribution < -0.4 is 0 Å². The summed E-state index contributed by atoms with van der Waals surface area (Å²) in [6, 6.07) is 7.12. The van der Waals surface area contributed by atoms with Crippen LogP contribution in [0.2, 0.25) is 5.02 Å². The molecule has 1 aromatic carbocycles. The second-order valence-electron chi connectivity index (χ2n) is 2.99. The van der Waals surface area contributed by atoms with Gasteiger partial charge in [-0.15, -0.1) is 6.58 Å². The van der Waals surface area contributed by atoms with Crippen LogP contribution in [0.1, 0.15) is 17.9 Å². The fourth-order valence-corrected chi connectivity index (χ4v) is 1.36. The van der Waals surface area contributed by atoms with Gasteiger partial charge in [0.15, 0.2) is 0 Å². The number of carbonyl (C=O) groups is 1. The van der Waals surface area contributed by atoms with Crippen LogP contribution in [-0.2, 0) is 4.79 Å². The van der Waals surface area contributed by atoms with Crippen molar-refractivity contribution in [1.82, 2.24) is 0 Å². The summed E-state index contributed by atoms with van der Waals surface area (Å²) in [5, 5.41) is 9.30. The van der Waals surface area contributed by atoms with Crippen molar-refractivity contribution in [3.05, 3.63) is 47.5 Å². The summed E-state index contributed by atoms with van der Waals surface area (Å²) in [6.07, 6.45) is 1.70. The highest BCUT2D eigenvalue weighted by molar-refractivity contribution is 6.30. The number of allylic oxidation sites excluding steroid dienone is 1. The molecule has 74 valence electrons. The number of rotatable bonds is 4. The lowest BCUT2D eigenvalue weighted by atomic mass is 9.96. The molecular weight excluding hydrogens is 200 g/mol. The average molecular weight is 211 g/mol. The Balaban J connectivity index is 2.84. The zero-order valence-corrected chi connectivity index (χ0v) is 8.37. The number of carboxylic acids is 1. The number of hydrogen-bond acceptors (Lipinski definition) is 1. The quantitative estimate of drug-likeness (QED) is 0.776. The molecule has 0 aromatic heterocycles. The highest BCUT2D eigenvalue weighted by Crippen LogP contribution is 2.22. The standard InChI is InChI=1S/C11H11ClO2/c1-2-8(7-11(13)14)9-3-5-10(12)6-4-9/h2-6,8H,1,7H2,(H,13,14). The molecule has 2 nitrogen and oxygen atoms in total. The largest absolute Gasteiger partial charge is 0.481 e. The van der Waals surface area contributed by atoms with E-state index in [9.17, 15) is 4.79 Å².